The molecule has 0 aliphatic rings. The van der Waals surface area contributed by atoms with Gasteiger partial charge in [-0.05, 0) is 37.1 Å². The number of anilines is 1. The first-order valence-electron chi connectivity index (χ1n) is 7.48. The first kappa shape index (κ1) is 17.4. The summed E-state index contributed by atoms with van der Waals surface area (Å²) in [5.74, 6) is -0.369. The third-order valence-electron chi connectivity index (χ3n) is 3.50. The fourth-order valence-corrected chi connectivity index (χ4v) is 2.71. The molecule has 2 aromatic carbocycles. The summed E-state index contributed by atoms with van der Waals surface area (Å²) in [5.41, 5.74) is 3.22. The molecule has 2 aromatic rings. The molecule has 23 heavy (non-hydrogen) atoms. The van der Waals surface area contributed by atoms with Gasteiger partial charge >= 0.3 is 0 Å². The van der Waals surface area contributed by atoms with Crippen molar-refractivity contribution in [2.75, 3.05) is 11.9 Å². The molecule has 0 saturated carbocycles. The molecule has 0 bridgehead atoms. The van der Waals surface area contributed by atoms with Crippen LogP contribution in [0.15, 0.2) is 36.4 Å². The molecule has 0 heterocycles. The van der Waals surface area contributed by atoms with Gasteiger partial charge in [0.05, 0.1) is 10.7 Å². The molecule has 0 unspecified atom stereocenters. The van der Waals surface area contributed by atoms with Crippen LogP contribution in [0, 0.1) is 19.7 Å². The van der Waals surface area contributed by atoms with Gasteiger partial charge in [-0.15, -0.1) is 0 Å². The monoisotopic (exact) mass is 334 g/mol. The number of halogens is 2. The van der Waals surface area contributed by atoms with Crippen molar-refractivity contribution in [1.82, 2.24) is 5.32 Å². The van der Waals surface area contributed by atoms with Crippen molar-refractivity contribution in [3.63, 3.8) is 0 Å². The Bertz CT molecular complexity index is 680. The zero-order valence-corrected chi connectivity index (χ0v) is 14.0. The molecule has 2 rings (SSSR count). The molecule has 0 saturated heterocycles. The fraction of sp³-hybridized carbons (Fsp3) is 0.278. The summed E-state index contributed by atoms with van der Waals surface area (Å²) in [5, 5.41) is 6.43. The molecule has 0 aliphatic carbocycles. The minimum Gasteiger partial charge on any atom is -0.325 e. The molecular formula is C18H20ClFN2O. The molecule has 0 spiro atoms. The van der Waals surface area contributed by atoms with Gasteiger partial charge in [-0.3, -0.25) is 4.79 Å². The average molecular weight is 335 g/mol. The molecule has 0 aliphatic heterocycles. The van der Waals surface area contributed by atoms with Crippen LogP contribution in [0.2, 0.25) is 5.02 Å². The highest BCUT2D eigenvalue weighted by Gasteiger charge is 2.09. The maximum atomic E-state index is 13.5. The number of amides is 1. The van der Waals surface area contributed by atoms with E-state index in [1.165, 1.54) is 6.07 Å². The van der Waals surface area contributed by atoms with Crippen LogP contribution >= 0.6 is 11.6 Å². The van der Waals surface area contributed by atoms with Crippen LogP contribution in [0.4, 0.5) is 10.1 Å². The zero-order chi connectivity index (χ0) is 16.8. The predicted octanol–water partition coefficient (Wildman–Crippen LogP) is 4.21. The first-order valence-corrected chi connectivity index (χ1v) is 7.86. The van der Waals surface area contributed by atoms with Crippen LogP contribution in [0.5, 0.6) is 0 Å². The van der Waals surface area contributed by atoms with E-state index in [0.717, 1.165) is 11.1 Å². The van der Waals surface area contributed by atoms with E-state index in [1.54, 1.807) is 18.2 Å². The van der Waals surface area contributed by atoms with Crippen LogP contribution < -0.4 is 10.6 Å². The van der Waals surface area contributed by atoms with Crippen molar-refractivity contribution in [1.29, 1.82) is 0 Å². The van der Waals surface area contributed by atoms with E-state index in [-0.39, 0.29) is 18.1 Å². The summed E-state index contributed by atoms with van der Waals surface area (Å²) in [6, 6.07) is 10.4. The second-order valence-corrected chi connectivity index (χ2v) is 5.91. The van der Waals surface area contributed by atoms with Crippen molar-refractivity contribution < 1.29 is 9.18 Å². The zero-order valence-electron chi connectivity index (χ0n) is 13.2. The minimum atomic E-state index is -0.244. The molecule has 0 aromatic heterocycles. The summed E-state index contributed by atoms with van der Waals surface area (Å²) in [6.45, 7) is 4.72. The second-order valence-electron chi connectivity index (χ2n) is 5.51. The van der Waals surface area contributed by atoms with E-state index in [2.05, 4.69) is 10.6 Å². The lowest BCUT2D eigenvalue weighted by atomic mass is 10.1. The summed E-state index contributed by atoms with van der Waals surface area (Å²) in [6.07, 6.45) is 0.290. The van der Waals surface area contributed by atoms with Crippen LogP contribution in [-0.4, -0.2) is 12.5 Å². The number of carbonyl (C=O) groups is 1. The minimum absolute atomic E-state index is 0.125. The number of hydrogen-bond donors (Lipinski definition) is 2. The van der Waals surface area contributed by atoms with E-state index >= 15 is 0 Å². The predicted molar refractivity (Wildman–Crippen MR) is 92.3 cm³/mol. The Labute approximate surface area is 140 Å². The van der Waals surface area contributed by atoms with Crippen molar-refractivity contribution in [2.24, 2.45) is 0 Å². The maximum Gasteiger partial charge on any atom is 0.225 e. The summed E-state index contributed by atoms with van der Waals surface area (Å²) in [7, 11) is 0. The lowest BCUT2D eigenvalue weighted by molar-refractivity contribution is -0.116. The van der Waals surface area contributed by atoms with Gasteiger partial charge in [-0.1, -0.05) is 35.9 Å². The number of aryl methyl sites for hydroxylation is 2. The smallest absolute Gasteiger partial charge is 0.225 e. The summed E-state index contributed by atoms with van der Waals surface area (Å²) < 4.78 is 13.5. The van der Waals surface area contributed by atoms with Gasteiger partial charge in [-0.2, -0.15) is 0 Å². The van der Waals surface area contributed by atoms with Crippen LogP contribution in [-0.2, 0) is 11.3 Å². The van der Waals surface area contributed by atoms with E-state index < -0.39 is 0 Å². The fourth-order valence-electron chi connectivity index (χ4n) is 2.34. The van der Waals surface area contributed by atoms with Crippen LogP contribution in [0.3, 0.4) is 0 Å². The largest absolute Gasteiger partial charge is 0.325 e. The van der Waals surface area contributed by atoms with E-state index in [9.17, 15) is 9.18 Å². The number of nitrogens with one attached hydrogen (secondary N) is 2. The Kier molecular flexibility index (Phi) is 6.13. The molecule has 0 atom stereocenters. The summed E-state index contributed by atoms with van der Waals surface area (Å²) >= 11 is 6.17. The second kappa shape index (κ2) is 8.09. The van der Waals surface area contributed by atoms with Gasteiger partial charge in [0, 0.05) is 25.1 Å². The lowest BCUT2D eigenvalue weighted by Gasteiger charge is -2.12. The molecule has 2 N–H and O–H groups in total. The molecule has 0 fully saturated rings. The third kappa shape index (κ3) is 5.05. The Morgan fingerprint density at radius 3 is 2.65 bits per heavy atom. The standard InChI is InChI=1S/C18H20ClFN2O/c1-12-9-13(2)18(15(19)10-12)22-17(23)7-8-21-11-14-5-3-4-6-16(14)20/h3-6,9-10,21H,7-8,11H2,1-2H3,(H,22,23). The van der Waals surface area contributed by atoms with Crippen molar-refractivity contribution >= 4 is 23.2 Å². The Hall–Kier alpha value is -1.91. The number of carbonyl (C=O) groups excluding carboxylic acids is 1. The van der Waals surface area contributed by atoms with Gasteiger partial charge in [-0.25, -0.2) is 4.39 Å². The van der Waals surface area contributed by atoms with Crippen molar-refractivity contribution in [2.45, 2.75) is 26.8 Å². The van der Waals surface area contributed by atoms with Crippen LogP contribution in [0.1, 0.15) is 23.1 Å². The Balaban J connectivity index is 1.81. The third-order valence-corrected chi connectivity index (χ3v) is 3.80. The lowest BCUT2D eigenvalue weighted by Crippen LogP contribution is -2.22. The van der Waals surface area contributed by atoms with Crippen molar-refractivity contribution in [3.8, 4) is 0 Å². The number of rotatable bonds is 6. The molecule has 1 amide bonds. The average Bonchev–Trinajstić information content (AvgIpc) is 2.49. The number of hydrogen-bond acceptors (Lipinski definition) is 2. The van der Waals surface area contributed by atoms with Gasteiger partial charge in [0.25, 0.3) is 0 Å². The molecule has 122 valence electrons. The normalized spacial score (nSPS) is 10.6. The van der Waals surface area contributed by atoms with Gasteiger partial charge < -0.3 is 10.6 Å². The molecule has 0 radical (unpaired) electrons. The van der Waals surface area contributed by atoms with Crippen molar-refractivity contribution in [3.05, 3.63) is 63.9 Å². The Morgan fingerprint density at radius 1 is 1.22 bits per heavy atom. The van der Waals surface area contributed by atoms with Crippen LogP contribution in [0.25, 0.3) is 0 Å². The molecule has 3 nitrogen and oxygen atoms in total. The molecule has 5 heteroatoms. The number of benzene rings is 2. The Morgan fingerprint density at radius 2 is 1.96 bits per heavy atom. The van der Waals surface area contributed by atoms with E-state index in [0.29, 0.717) is 29.4 Å². The van der Waals surface area contributed by atoms with E-state index in [4.69, 9.17) is 11.6 Å². The quantitative estimate of drug-likeness (QED) is 0.777. The van der Waals surface area contributed by atoms with Gasteiger partial charge in [0.15, 0.2) is 0 Å². The highest BCUT2D eigenvalue weighted by molar-refractivity contribution is 6.34. The molecular weight excluding hydrogens is 315 g/mol. The summed E-state index contributed by atoms with van der Waals surface area (Å²) in [4.78, 5) is 12.0. The SMILES string of the molecule is Cc1cc(C)c(NC(=O)CCNCc2ccccc2F)c(Cl)c1. The maximum absolute atomic E-state index is 13.5. The highest BCUT2D eigenvalue weighted by atomic mass is 35.5. The van der Waals surface area contributed by atoms with Gasteiger partial charge in [0.1, 0.15) is 5.82 Å². The topological polar surface area (TPSA) is 41.1 Å². The van der Waals surface area contributed by atoms with Gasteiger partial charge in [0.2, 0.25) is 5.91 Å². The highest BCUT2D eigenvalue weighted by Crippen LogP contribution is 2.27. The van der Waals surface area contributed by atoms with E-state index in [1.807, 2.05) is 26.0 Å². The first-order chi connectivity index (χ1) is 11.0.